The molecule has 0 saturated carbocycles. The molecule has 2 aromatic carbocycles. The van der Waals surface area contributed by atoms with Crippen LogP contribution in [0.1, 0.15) is 30.9 Å². The van der Waals surface area contributed by atoms with Crippen molar-refractivity contribution in [3.8, 4) is 0 Å². The zero-order chi connectivity index (χ0) is 23.2. The molecule has 3 heterocycles. The van der Waals surface area contributed by atoms with Gasteiger partial charge in [-0.15, -0.1) is 0 Å². The van der Waals surface area contributed by atoms with Crippen molar-refractivity contribution in [1.29, 1.82) is 0 Å². The van der Waals surface area contributed by atoms with Crippen molar-refractivity contribution in [3.05, 3.63) is 54.1 Å². The van der Waals surface area contributed by atoms with Crippen LogP contribution in [-0.2, 0) is 20.5 Å². The smallest absolute Gasteiger partial charge is 0.376 e. The fourth-order valence-corrected chi connectivity index (χ4v) is 4.42. The van der Waals surface area contributed by atoms with Crippen LogP contribution < -0.4 is 10.2 Å². The number of rotatable bonds is 5. The number of fused-ring (bicyclic) bond motifs is 3. The Bertz CT molecular complexity index is 1220. The molecule has 0 radical (unpaired) electrons. The SMILES string of the molecule is O=C(CC1C(=O)N(CC2CCCO2)c2nc3ccccc3n21)Nc1cccc(C(F)(F)F)c1. The normalized spacial score (nSPS) is 20.5. The van der Waals surface area contributed by atoms with Crippen LogP contribution in [0.5, 0.6) is 0 Å². The average Bonchev–Trinajstić information content (AvgIpc) is 3.47. The number of para-hydroxylation sites is 2. The standard InChI is InChI=1S/C23H21F3N4O3/c24-23(25,26)14-5-3-6-15(11-14)27-20(31)12-19-21(32)29(13-16-7-4-10-33-16)22-28-17-8-1-2-9-18(17)30(19)22/h1-3,5-6,8-9,11,16,19H,4,7,10,12-13H2,(H,27,31). The molecule has 7 nitrogen and oxygen atoms in total. The molecule has 2 amide bonds. The maximum absolute atomic E-state index is 13.3. The number of nitrogens with one attached hydrogen (secondary N) is 1. The quantitative estimate of drug-likeness (QED) is 0.623. The Morgan fingerprint density at radius 1 is 1.18 bits per heavy atom. The van der Waals surface area contributed by atoms with Gasteiger partial charge in [0.2, 0.25) is 11.9 Å². The molecule has 2 unspecified atom stereocenters. The van der Waals surface area contributed by atoms with Crippen LogP contribution in [0.15, 0.2) is 48.5 Å². The van der Waals surface area contributed by atoms with Crippen LogP contribution in [0.2, 0.25) is 0 Å². The van der Waals surface area contributed by atoms with E-state index in [9.17, 15) is 22.8 Å². The molecule has 1 aromatic heterocycles. The molecule has 0 spiro atoms. The number of aromatic nitrogens is 2. The third-order valence-corrected chi connectivity index (χ3v) is 5.94. The summed E-state index contributed by atoms with van der Waals surface area (Å²) in [5.41, 5.74) is 0.572. The molecular weight excluding hydrogens is 437 g/mol. The Kier molecular flexibility index (Phi) is 5.32. The van der Waals surface area contributed by atoms with E-state index in [1.807, 2.05) is 24.3 Å². The van der Waals surface area contributed by atoms with Gasteiger partial charge in [0.1, 0.15) is 6.04 Å². The Labute approximate surface area is 187 Å². The molecule has 33 heavy (non-hydrogen) atoms. The summed E-state index contributed by atoms with van der Waals surface area (Å²) in [6.45, 7) is 0.986. The first kappa shape index (κ1) is 21.4. The molecular formula is C23H21F3N4O3. The highest BCUT2D eigenvalue weighted by molar-refractivity contribution is 6.05. The van der Waals surface area contributed by atoms with Gasteiger partial charge in [-0.2, -0.15) is 13.2 Å². The van der Waals surface area contributed by atoms with E-state index >= 15 is 0 Å². The molecule has 1 saturated heterocycles. The monoisotopic (exact) mass is 458 g/mol. The van der Waals surface area contributed by atoms with E-state index in [0.717, 1.165) is 25.0 Å². The van der Waals surface area contributed by atoms with E-state index in [-0.39, 0.29) is 24.1 Å². The molecule has 2 aliphatic heterocycles. The topological polar surface area (TPSA) is 76.5 Å². The van der Waals surface area contributed by atoms with E-state index in [4.69, 9.17) is 4.74 Å². The van der Waals surface area contributed by atoms with E-state index in [2.05, 4.69) is 10.3 Å². The minimum Gasteiger partial charge on any atom is -0.376 e. The number of ether oxygens (including phenoxy) is 1. The fourth-order valence-electron chi connectivity index (χ4n) is 4.42. The second-order valence-electron chi connectivity index (χ2n) is 8.20. The highest BCUT2D eigenvalue weighted by Crippen LogP contribution is 2.37. The first-order valence-corrected chi connectivity index (χ1v) is 10.7. The lowest BCUT2D eigenvalue weighted by atomic mass is 10.1. The third-order valence-electron chi connectivity index (χ3n) is 5.94. The van der Waals surface area contributed by atoms with Crippen LogP contribution in [0, 0.1) is 0 Å². The molecule has 0 aliphatic carbocycles. The Hall–Kier alpha value is -3.40. The third kappa shape index (κ3) is 4.06. The average molecular weight is 458 g/mol. The summed E-state index contributed by atoms with van der Waals surface area (Å²) in [4.78, 5) is 32.2. The number of benzene rings is 2. The Morgan fingerprint density at radius 3 is 2.76 bits per heavy atom. The van der Waals surface area contributed by atoms with Gasteiger partial charge >= 0.3 is 6.18 Å². The molecule has 0 bridgehead atoms. The number of hydrogen-bond acceptors (Lipinski definition) is 4. The van der Waals surface area contributed by atoms with Crippen LogP contribution >= 0.6 is 0 Å². The van der Waals surface area contributed by atoms with Crippen molar-refractivity contribution in [2.45, 2.75) is 37.6 Å². The number of alkyl halides is 3. The predicted molar refractivity (Wildman–Crippen MR) is 115 cm³/mol. The highest BCUT2D eigenvalue weighted by atomic mass is 19.4. The number of carbonyl (C=O) groups excluding carboxylic acids is 2. The molecule has 2 aliphatic rings. The largest absolute Gasteiger partial charge is 0.416 e. The summed E-state index contributed by atoms with van der Waals surface area (Å²) in [6, 6.07) is 10.9. The van der Waals surface area contributed by atoms with E-state index in [1.165, 1.54) is 12.1 Å². The molecule has 1 fully saturated rings. The summed E-state index contributed by atoms with van der Waals surface area (Å²) >= 11 is 0. The van der Waals surface area contributed by atoms with Gasteiger partial charge < -0.3 is 10.1 Å². The zero-order valence-electron chi connectivity index (χ0n) is 17.5. The number of imidazole rings is 1. The van der Waals surface area contributed by atoms with Crippen LogP contribution in [0.3, 0.4) is 0 Å². The first-order valence-electron chi connectivity index (χ1n) is 10.7. The fraction of sp³-hybridized carbons (Fsp3) is 0.348. The summed E-state index contributed by atoms with van der Waals surface area (Å²) in [5.74, 6) is -0.387. The molecule has 1 N–H and O–H groups in total. The predicted octanol–water partition coefficient (Wildman–Crippen LogP) is 4.15. The van der Waals surface area contributed by atoms with Crippen LogP contribution in [0.25, 0.3) is 11.0 Å². The van der Waals surface area contributed by atoms with Gasteiger partial charge in [0.15, 0.2) is 0 Å². The maximum atomic E-state index is 13.3. The number of amides is 2. The lowest BCUT2D eigenvalue weighted by Gasteiger charge is -2.19. The summed E-state index contributed by atoms with van der Waals surface area (Å²) < 4.78 is 46.4. The number of anilines is 2. The summed E-state index contributed by atoms with van der Waals surface area (Å²) in [5, 5.41) is 2.49. The van der Waals surface area contributed by atoms with Crippen molar-refractivity contribution < 1.29 is 27.5 Å². The minimum atomic E-state index is -4.52. The van der Waals surface area contributed by atoms with E-state index in [1.54, 1.807) is 9.47 Å². The number of carbonyl (C=O) groups is 2. The first-order chi connectivity index (χ1) is 15.8. The van der Waals surface area contributed by atoms with E-state index in [0.29, 0.717) is 30.1 Å². The molecule has 10 heteroatoms. The van der Waals surface area contributed by atoms with Gasteiger partial charge in [-0.25, -0.2) is 4.98 Å². The van der Waals surface area contributed by atoms with Crippen molar-refractivity contribution in [2.75, 3.05) is 23.4 Å². The van der Waals surface area contributed by atoms with E-state index < -0.39 is 23.7 Å². The maximum Gasteiger partial charge on any atom is 0.416 e. The lowest BCUT2D eigenvalue weighted by molar-refractivity contribution is -0.137. The van der Waals surface area contributed by atoms with Gasteiger partial charge in [0.05, 0.1) is 35.7 Å². The van der Waals surface area contributed by atoms with Gasteiger partial charge in [0.25, 0.3) is 5.91 Å². The van der Waals surface area contributed by atoms with Crippen LogP contribution in [0.4, 0.5) is 24.8 Å². The minimum absolute atomic E-state index is 0.0206. The van der Waals surface area contributed by atoms with Crippen molar-refractivity contribution in [3.63, 3.8) is 0 Å². The van der Waals surface area contributed by atoms with Gasteiger partial charge in [0, 0.05) is 12.3 Å². The summed E-state index contributed by atoms with van der Waals surface area (Å²) in [6.07, 6.45) is -3.09. The number of hydrogen-bond donors (Lipinski definition) is 1. The number of nitrogens with zero attached hydrogens (tertiary/aromatic N) is 3. The lowest BCUT2D eigenvalue weighted by Crippen LogP contribution is -2.37. The molecule has 2 atom stereocenters. The molecule has 5 rings (SSSR count). The van der Waals surface area contributed by atoms with Gasteiger partial charge in [-0.1, -0.05) is 18.2 Å². The second kappa shape index (κ2) is 8.18. The van der Waals surface area contributed by atoms with Crippen LogP contribution in [-0.4, -0.2) is 40.6 Å². The van der Waals surface area contributed by atoms with Crippen molar-refractivity contribution in [1.82, 2.24) is 9.55 Å². The Morgan fingerprint density at radius 2 is 2.00 bits per heavy atom. The Balaban J connectivity index is 1.41. The van der Waals surface area contributed by atoms with Gasteiger partial charge in [-0.3, -0.25) is 19.1 Å². The second-order valence-corrected chi connectivity index (χ2v) is 8.20. The highest BCUT2D eigenvalue weighted by Gasteiger charge is 2.42. The van der Waals surface area contributed by atoms with Crippen molar-refractivity contribution >= 4 is 34.5 Å². The molecule has 172 valence electrons. The summed E-state index contributed by atoms with van der Waals surface area (Å²) in [7, 11) is 0. The molecule has 3 aromatic rings. The number of halogens is 3. The zero-order valence-corrected chi connectivity index (χ0v) is 17.5. The van der Waals surface area contributed by atoms with Gasteiger partial charge in [-0.05, 0) is 43.2 Å². The van der Waals surface area contributed by atoms with Crippen molar-refractivity contribution in [2.24, 2.45) is 0 Å².